The summed E-state index contributed by atoms with van der Waals surface area (Å²) in [6.07, 6.45) is 0. The number of thiophene rings is 1. The van der Waals surface area contributed by atoms with Crippen LogP contribution in [0.2, 0.25) is 0 Å². The van der Waals surface area contributed by atoms with Crippen molar-refractivity contribution in [2.24, 2.45) is 0 Å². The van der Waals surface area contributed by atoms with Crippen molar-refractivity contribution in [3.63, 3.8) is 0 Å². The Morgan fingerprint density at radius 2 is 1.88 bits per heavy atom. The van der Waals surface area contributed by atoms with Crippen LogP contribution in [0.25, 0.3) is 5.82 Å². The fourth-order valence-corrected chi connectivity index (χ4v) is 4.83. The fourth-order valence-electron chi connectivity index (χ4n) is 2.49. The molecule has 0 unspecified atom stereocenters. The first-order valence-corrected chi connectivity index (χ1v) is 10.2. The Hall–Kier alpha value is -2.30. The summed E-state index contributed by atoms with van der Waals surface area (Å²) in [7, 11) is -3.58. The van der Waals surface area contributed by atoms with Crippen LogP contribution in [0.5, 0.6) is 0 Å². The third kappa shape index (κ3) is 3.92. The highest BCUT2D eigenvalue weighted by molar-refractivity contribution is 7.91. The van der Waals surface area contributed by atoms with Gasteiger partial charge in [0.15, 0.2) is 5.82 Å². The molecule has 0 aromatic carbocycles. The normalized spacial score (nSPS) is 11.8. The van der Waals surface area contributed by atoms with Crippen molar-refractivity contribution in [2.75, 3.05) is 6.54 Å². The van der Waals surface area contributed by atoms with E-state index in [9.17, 15) is 13.2 Å². The Balaban J connectivity index is 1.75. The van der Waals surface area contributed by atoms with Crippen LogP contribution in [0, 0.1) is 20.8 Å². The highest BCUT2D eigenvalue weighted by Gasteiger charge is 2.15. The molecule has 0 saturated carbocycles. The number of sulfonamides is 1. The first kappa shape index (κ1) is 18.5. The Labute approximate surface area is 155 Å². The van der Waals surface area contributed by atoms with Crippen molar-refractivity contribution < 1.29 is 8.42 Å². The van der Waals surface area contributed by atoms with Gasteiger partial charge in [-0.1, -0.05) is 0 Å². The van der Waals surface area contributed by atoms with E-state index in [1.165, 1.54) is 22.1 Å². The molecule has 0 saturated heterocycles. The molecule has 3 rings (SSSR count). The highest BCUT2D eigenvalue weighted by atomic mass is 32.2. The standard InChI is InChI=1S/C16H19N5O3S2/c1-11-10-12(2)21(18-11)14-5-6-15(22)20(19-14)9-8-17-26(23,24)16-7-4-13(3)25-16/h4-7,10,17H,8-9H2,1-3H3. The van der Waals surface area contributed by atoms with Gasteiger partial charge in [-0.3, -0.25) is 4.79 Å². The molecule has 0 fully saturated rings. The number of rotatable bonds is 6. The maximum Gasteiger partial charge on any atom is 0.266 e. The second-order valence-electron chi connectivity index (χ2n) is 5.85. The van der Waals surface area contributed by atoms with Gasteiger partial charge in [-0.25, -0.2) is 22.5 Å². The maximum atomic E-state index is 12.2. The van der Waals surface area contributed by atoms with Gasteiger partial charge in [0.2, 0.25) is 10.0 Å². The Morgan fingerprint density at radius 1 is 1.12 bits per heavy atom. The van der Waals surface area contributed by atoms with Crippen LogP contribution in [-0.2, 0) is 16.6 Å². The van der Waals surface area contributed by atoms with Crippen molar-refractivity contribution >= 4 is 21.4 Å². The predicted octanol–water partition coefficient (Wildman–Crippen LogP) is 1.39. The van der Waals surface area contributed by atoms with Gasteiger partial charge in [0, 0.05) is 23.2 Å². The average molecular weight is 393 g/mol. The summed E-state index contributed by atoms with van der Waals surface area (Å²) in [5.41, 5.74) is 1.44. The molecule has 0 atom stereocenters. The van der Waals surface area contributed by atoms with Crippen LogP contribution in [0.3, 0.4) is 0 Å². The lowest BCUT2D eigenvalue weighted by Gasteiger charge is -2.09. The van der Waals surface area contributed by atoms with Gasteiger partial charge in [-0.05, 0) is 45.0 Å². The monoisotopic (exact) mass is 393 g/mol. The molecule has 0 bridgehead atoms. The van der Waals surface area contributed by atoms with Gasteiger partial charge in [0.1, 0.15) is 4.21 Å². The van der Waals surface area contributed by atoms with Crippen molar-refractivity contribution in [1.82, 2.24) is 24.3 Å². The molecule has 1 N–H and O–H groups in total. The molecule has 3 aromatic heterocycles. The number of aromatic nitrogens is 4. The van der Waals surface area contributed by atoms with E-state index in [4.69, 9.17) is 0 Å². The fraction of sp³-hybridized carbons (Fsp3) is 0.312. The second-order valence-corrected chi connectivity index (χ2v) is 9.14. The lowest BCUT2D eigenvalue weighted by molar-refractivity contribution is 0.542. The third-order valence-corrected chi connectivity index (χ3v) is 6.63. The minimum atomic E-state index is -3.58. The molecule has 10 heteroatoms. The van der Waals surface area contributed by atoms with Crippen molar-refractivity contribution in [3.05, 3.63) is 57.0 Å². The summed E-state index contributed by atoms with van der Waals surface area (Å²) in [5, 5.41) is 8.63. The second kappa shape index (κ2) is 7.14. The lowest BCUT2D eigenvalue weighted by Crippen LogP contribution is -2.32. The van der Waals surface area contributed by atoms with Crippen molar-refractivity contribution in [3.8, 4) is 5.82 Å². The van der Waals surface area contributed by atoms with Crippen molar-refractivity contribution in [1.29, 1.82) is 0 Å². The van der Waals surface area contributed by atoms with Gasteiger partial charge in [0.05, 0.1) is 12.2 Å². The van der Waals surface area contributed by atoms with E-state index in [1.807, 2.05) is 26.8 Å². The average Bonchev–Trinajstić information content (AvgIpc) is 3.15. The van der Waals surface area contributed by atoms with Gasteiger partial charge < -0.3 is 0 Å². The molecule has 8 nitrogen and oxygen atoms in total. The molecular weight excluding hydrogens is 374 g/mol. The summed E-state index contributed by atoms with van der Waals surface area (Å²) in [6, 6.07) is 8.22. The first-order chi connectivity index (χ1) is 12.3. The number of nitrogens with zero attached hydrogens (tertiary/aromatic N) is 4. The zero-order chi connectivity index (χ0) is 18.9. The topological polar surface area (TPSA) is 98.9 Å². The maximum absolute atomic E-state index is 12.2. The SMILES string of the molecule is Cc1cc(C)n(-c2ccc(=O)n(CCNS(=O)(=O)c3ccc(C)s3)n2)n1. The van der Waals surface area contributed by atoms with Crippen LogP contribution >= 0.6 is 11.3 Å². The molecule has 0 amide bonds. The van der Waals surface area contributed by atoms with E-state index in [0.29, 0.717) is 5.82 Å². The van der Waals surface area contributed by atoms with E-state index < -0.39 is 10.0 Å². The molecule has 3 aromatic rings. The summed E-state index contributed by atoms with van der Waals surface area (Å²) in [4.78, 5) is 12.9. The number of aryl methyl sites for hydroxylation is 3. The Bertz CT molecular complexity index is 1100. The van der Waals surface area contributed by atoms with Gasteiger partial charge in [-0.15, -0.1) is 16.4 Å². The number of hydrogen-bond acceptors (Lipinski definition) is 6. The first-order valence-electron chi connectivity index (χ1n) is 7.94. The minimum Gasteiger partial charge on any atom is -0.268 e. The summed E-state index contributed by atoms with van der Waals surface area (Å²) >= 11 is 1.20. The van der Waals surface area contributed by atoms with Gasteiger partial charge in [0.25, 0.3) is 5.56 Å². The van der Waals surface area contributed by atoms with Crippen LogP contribution < -0.4 is 10.3 Å². The zero-order valence-corrected chi connectivity index (χ0v) is 16.3. The molecule has 0 radical (unpaired) electrons. The van der Waals surface area contributed by atoms with E-state index >= 15 is 0 Å². The molecule has 26 heavy (non-hydrogen) atoms. The van der Waals surface area contributed by atoms with Gasteiger partial charge in [-0.2, -0.15) is 5.10 Å². The van der Waals surface area contributed by atoms with Crippen molar-refractivity contribution in [2.45, 2.75) is 31.5 Å². The number of hydrogen-bond donors (Lipinski definition) is 1. The van der Waals surface area contributed by atoms with Crippen LogP contribution in [0.4, 0.5) is 0 Å². The van der Waals surface area contributed by atoms with Crippen LogP contribution in [0.15, 0.2) is 39.3 Å². The largest absolute Gasteiger partial charge is 0.268 e. The van der Waals surface area contributed by atoms with E-state index in [-0.39, 0.29) is 22.9 Å². The molecule has 0 aliphatic carbocycles. The molecule has 0 spiro atoms. The molecule has 0 aliphatic heterocycles. The number of nitrogens with one attached hydrogen (secondary N) is 1. The van der Waals surface area contributed by atoms with E-state index in [1.54, 1.807) is 22.9 Å². The minimum absolute atomic E-state index is 0.0623. The van der Waals surface area contributed by atoms with Gasteiger partial charge >= 0.3 is 0 Å². The Kier molecular flexibility index (Phi) is 5.08. The third-order valence-electron chi connectivity index (χ3n) is 3.68. The quantitative estimate of drug-likeness (QED) is 0.682. The predicted molar refractivity (Wildman–Crippen MR) is 99.3 cm³/mol. The molecule has 138 valence electrons. The smallest absolute Gasteiger partial charge is 0.266 e. The summed E-state index contributed by atoms with van der Waals surface area (Å²) in [6.45, 7) is 5.80. The van der Waals surface area contributed by atoms with E-state index in [0.717, 1.165) is 16.3 Å². The summed E-state index contributed by atoms with van der Waals surface area (Å²) in [5.74, 6) is 0.506. The summed E-state index contributed by atoms with van der Waals surface area (Å²) < 4.78 is 30.1. The Morgan fingerprint density at radius 3 is 2.50 bits per heavy atom. The molecule has 3 heterocycles. The van der Waals surface area contributed by atoms with E-state index in [2.05, 4.69) is 14.9 Å². The lowest BCUT2D eigenvalue weighted by atomic mass is 10.4. The molecule has 0 aliphatic rings. The van der Waals surface area contributed by atoms with Crippen LogP contribution in [-0.4, -0.2) is 34.5 Å². The zero-order valence-electron chi connectivity index (χ0n) is 14.6. The molecular formula is C16H19N5O3S2. The highest BCUT2D eigenvalue weighted by Crippen LogP contribution is 2.20. The van der Waals surface area contributed by atoms with Crippen LogP contribution in [0.1, 0.15) is 16.3 Å².